The first-order valence-electron chi connectivity index (χ1n) is 8.10. The molecule has 1 aliphatic rings. The Labute approximate surface area is 172 Å². The lowest BCUT2D eigenvalue weighted by atomic mass is 10.1. The number of esters is 1. The molecule has 6 heteroatoms. The monoisotopic (exact) mass is 485 g/mol. The Kier molecular flexibility index (Phi) is 4.85. The fourth-order valence-corrected chi connectivity index (χ4v) is 4.33. The summed E-state index contributed by atoms with van der Waals surface area (Å²) in [4.78, 5) is 16.7. The Morgan fingerprint density at radius 1 is 1.04 bits per heavy atom. The van der Waals surface area contributed by atoms with Gasteiger partial charge in [-0.15, -0.1) is 0 Å². The highest BCUT2D eigenvalue weighted by atomic mass is 79.9. The van der Waals surface area contributed by atoms with Gasteiger partial charge in [0.2, 0.25) is 5.90 Å². The van der Waals surface area contributed by atoms with E-state index in [1.54, 1.807) is 13.2 Å². The molecule has 134 valence electrons. The van der Waals surface area contributed by atoms with Gasteiger partial charge in [0.1, 0.15) is 5.75 Å². The van der Waals surface area contributed by atoms with E-state index in [1.165, 1.54) is 0 Å². The smallest absolute Gasteiger partial charge is 0.363 e. The van der Waals surface area contributed by atoms with E-state index in [0.29, 0.717) is 17.2 Å². The van der Waals surface area contributed by atoms with Crippen molar-refractivity contribution < 1.29 is 14.3 Å². The molecule has 0 bridgehead atoms. The summed E-state index contributed by atoms with van der Waals surface area (Å²) < 4.78 is 12.4. The number of methoxy groups -OCH3 is 1. The maximum atomic E-state index is 12.3. The van der Waals surface area contributed by atoms with E-state index in [9.17, 15) is 4.79 Å². The molecule has 0 saturated heterocycles. The maximum Gasteiger partial charge on any atom is 0.363 e. The van der Waals surface area contributed by atoms with Crippen molar-refractivity contribution in [1.29, 1.82) is 0 Å². The lowest BCUT2D eigenvalue weighted by Crippen LogP contribution is -2.05. The zero-order valence-electron chi connectivity index (χ0n) is 14.2. The van der Waals surface area contributed by atoms with E-state index < -0.39 is 5.97 Å². The summed E-state index contributed by atoms with van der Waals surface area (Å²) >= 11 is 6.90. The standard InChI is InChI=1S/C21H13Br2NO3/c1-26-19-15(9-16(22)11-17(19)23)10-18-21(25)27-20(24-18)14-7-6-12-4-2-3-5-13(12)8-14/h2-11H,1H3/b18-10-. The van der Waals surface area contributed by atoms with Crippen LogP contribution >= 0.6 is 31.9 Å². The number of halogens is 2. The third kappa shape index (κ3) is 3.55. The molecule has 0 N–H and O–H groups in total. The minimum absolute atomic E-state index is 0.224. The Balaban J connectivity index is 1.76. The van der Waals surface area contributed by atoms with Crippen LogP contribution in [0.4, 0.5) is 0 Å². The van der Waals surface area contributed by atoms with Crippen molar-refractivity contribution in [3.05, 3.63) is 80.4 Å². The summed E-state index contributed by atoms with van der Waals surface area (Å²) in [5.74, 6) is 0.425. The fraction of sp³-hybridized carbons (Fsp3) is 0.0476. The number of nitrogens with zero attached hydrogens (tertiary/aromatic N) is 1. The molecule has 0 unspecified atom stereocenters. The predicted octanol–water partition coefficient (Wildman–Crippen LogP) is 5.72. The SMILES string of the molecule is COc1c(Br)cc(Br)cc1/C=C1\N=C(c2ccc3ccccc3c2)OC1=O. The molecule has 4 rings (SSSR count). The molecule has 0 aliphatic carbocycles. The summed E-state index contributed by atoms with van der Waals surface area (Å²) in [6, 6.07) is 17.6. The summed E-state index contributed by atoms with van der Waals surface area (Å²) in [5, 5.41) is 2.18. The second kappa shape index (κ2) is 7.29. The number of ether oxygens (including phenoxy) is 2. The van der Waals surface area contributed by atoms with Crippen molar-refractivity contribution in [2.75, 3.05) is 7.11 Å². The zero-order chi connectivity index (χ0) is 19.0. The topological polar surface area (TPSA) is 47.9 Å². The van der Waals surface area contributed by atoms with Crippen LogP contribution in [-0.2, 0) is 9.53 Å². The fourth-order valence-electron chi connectivity index (χ4n) is 2.91. The van der Waals surface area contributed by atoms with Crippen LogP contribution in [0.25, 0.3) is 16.8 Å². The van der Waals surface area contributed by atoms with Crippen molar-refractivity contribution in [2.45, 2.75) is 0 Å². The van der Waals surface area contributed by atoms with E-state index in [1.807, 2.05) is 54.6 Å². The van der Waals surface area contributed by atoms with E-state index >= 15 is 0 Å². The molecule has 3 aromatic rings. The van der Waals surface area contributed by atoms with Gasteiger partial charge in [-0.25, -0.2) is 9.79 Å². The number of rotatable bonds is 3. The number of fused-ring (bicyclic) bond motifs is 1. The van der Waals surface area contributed by atoms with Crippen molar-refractivity contribution >= 4 is 60.6 Å². The molecular weight excluding hydrogens is 474 g/mol. The van der Waals surface area contributed by atoms with Crippen LogP contribution in [0, 0.1) is 0 Å². The van der Waals surface area contributed by atoms with Gasteiger partial charge in [-0.05, 0) is 57.0 Å². The number of benzene rings is 3. The highest BCUT2D eigenvalue weighted by Crippen LogP contribution is 2.35. The van der Waals surface area contributed by atoms with Gasteiger partial charge in [0.15, 0.2) is 5.70 Å². The van der Waals surface area contributed by atoms with Gasteiger partial charge in [-0.2, -0.15) is 0 Å². The van der Waals surface area contributed by atoms with Crippen LogP contribution in [0.2, 0.25) is 0 Å². The molecule has 1 heterocycles. The van der Waals surface area contributed by atoms with Crippen molar-refractivity contribution in [2.24, 2.45) is 4.99 Å². The third-order valence-electron chi connectivity index (χ3n) is 4.15. The van der Waals surface area contributed by atoms with Gasteiger partial charge in [0, 0.05) is 15.6 Å². The van der Waals surface area contributed by atoms with Gasteiger partial charge < -0.3 is 9.47 Å². The molecule has 3 aromatic carbocycles. The summed E-state index contributed by atoms with van der Waals surface area (Å²) in [6.07, 6.45) is 1.66. The average molecular weight is 487 g/mol. The van der Waals surface area contributed by atoms with Gasteiger partial charge in [0.25, 0.3) is 0 Å². The number of carbonyl (C=O) groups excluding carboxylic acids is 1. The van der Waals surface area contributed by atoms with E-state index in [4.69, 9.17) is 9.47 Å². The average Bonchev–Trinajstić information content (AvgIpc) is 3.01. The van der Waals surface area contributed by atoms with Crippen LogP contribution < -0.4 is 4.74 Å². The maximum absolute atomic E-state index is 12.3. The first kappa shape index (κ1) is 17.9. The van der Waals surface area contributed by atoms with Gasteiger partial charge in [-0.3, -0.25) is 0 Å². The lowest BCUT2D eigenvalue weighted by molar-refractivity contribution is -0.129. The minimum atomic E-state index is -0.490. The highest BCUT2D eigenvalue weighted by molar-refractivity contribution is 9.11. The van der Waals surface area contributed by atoms with E-state index in [-0.39, 0.29) is 5.70 Å². The molecule has 0 spiro atoms. The minimum Gasteiger partial charge on any atom is -0.495 e. The Morgan fingerprint density at radius 2 is 1.81 bits per heavy atom. The molecule has 0 radical (unpaired) electrons. The van der Waals surface area contributed by atoms with Crippen LogP contribution in [0.1, 0.15) is 11.1 Å². The van der Waals surface area contributed by atoms with Crippen molar-refractivity contribution in [3.8, 4) is 5.75 Å². The summed E-state index contributed by atoms with van der Waals surface area (Å²) in [7, 11) is 1.58. The number of cyclic esters (lactones) is 1. The number of hydrogen-bond acceptors (Lipinski definition) is 4. The molecule has 0 atom stereocenters. The lowest BCUT2D eigenvalue weighted by Gasteiger charge is -2.08. The highest BCUT2D eigenvalue weighted by Gasteiger charge is 2.25. The Bertz CT molecular complexity index is 1140. The van der Waals surface area contributed by atoms with Crippen molar-refractivity contribution in [3.63, 3.8) is 0 Å². The van der Waals surface area contributed by atoms with Crippen LogP contribution in [0.3, 0.4) is 0 Å². The molecule has 1 aliphatic heterocycles. The van der Waals surface area contributed by atoms with Crippen molar-refractivity contribution in [1.82, 2.24) is 0 Å². The molecule has 4 nitrogen and oxygen atoms in total. The quantitative estimate of drug-likeness (QED) is 0.351. The number of carbonyl (C=O) groups is 1. The second-order valence-corrected chi connectivity index (χ2v) is 7.68. The zero-order valence-corrected chi connectivity index (χ0v) is 17.4. The van der Waals surface area contributed by atoms with Crippen LogP contribution in [0.5, 0.6) is 5.75 Å². The molecule has 27 heavy (non-hydrogen) atoms. The number of hydrogen-bond donors (Lipinski definition) is 0. The largest absolute Gasteiger partial charge is 0.495 e. The van der Waals surface area contributed by atoms with E-state index in [0.717, 1.165) is 25.3 Å². The Hall–Kier alpha value is -2.44. The molecule has 0 fully saturated rings. The predicted molar refractivity (Wildman–Crippen MR) is 113 cm³/mol. The van der Waals surface area contributed by atoms with Crippen LogP contribution in [-0.4, -0.2) is 19.0 Å². The second-order valence-electron chi connectivity index (χ2n) is 5.91. The first-order valence-corrected chi connectivity index (χ1v) is 9.68. The van der Waals surface area contributed by atoms with Gasteiger partial charge in [0.05, 0.1) is 11.6 Å². The number of aliphatic imine (C=N–C) groups is 1. The molecule has 0 aromatic heterocycles. The molecular formula is C21H13Br2NO3. The van der Waals surface area contributed by atoms with Gasteiger partial charge in [-0.1, -0.05) is 46.3 Å². The van der Waals surface area contributed by atoms with E-state index in [2.05, 4.69) is 36.9 Å². The van der Waals surface area contributed by atoms with Crippen LogP contribution in [0.15, 0.2) is 74.2 Å². The van der Waals surface area contributed by atoms with Gasteiger partial charge >= 0.3 is 5.97 Å². The third-order valence-corrected chi connectivity index (χ3v) is 5.20. The first-order chi connectivity index (χ1) is 13.0. The summed E-state index contributed by atoms with van der Waals surface area (Å²) in [5.41, 5.74) is 1.70. The molecule has 0 amide bonds. The Morgan fingerprint density at radius 3 is 2.59 bits per heavy atom. The summed E-state index contributed by atoms with van der Waals surface area (Å²) in [6.45, 7) is 0. The molecule has 0 saturated carbocycles. The normalized spacial score (nSPS) is 15.1.